The Labute approximate surface area is 115 Å². The summed E-state index contributed by atoms with van der Waals surface area (Å²) in [6.45, 7) is 1.23. The summed E-state index contributed by atoms with van der Waals surface area (Å²) in [5.41, 5.74) is 5.97. The lowest BCUT2D eigenvalue weighted by Crippen LogP contribution is -2.39. The number of carbonyl (C=O) groups is 1. The fourth-order valence-electron chi connectivity index (χ4n) is 2.37. The van der Waals surface area contributed by atoms with Gasteiger partial charge in [0.2, 0.25) is 5.91 Å². The molecule has 1 aliphatic rings. The van der Waals surface area contributed by atoms with E-state index in [-0.39, 0.29) is 22.7 Å². The third kappa shape index (κ3) is 3.02. The number of hydrogen-bond donors (Lipinski definition) is 1. The van der Waals surface area contributed by atoms with Gasteiger partial charge in [-0.25, -0.2) is 0 Å². The second-order valence-electron chi connectivity index (χ2n) is 4.57. The van der Waals surface area contributed by atoms with Gasteiger partial charge >= 0.3 is 0 Å². The molecule has 1 aliphatic heterocycles. The zero-order chi connectivity index (χ0) is 14.0. The number of likely N-dealkylation sites (tertiary alicyclic amines) is 1. The van der Waals surface area contributed by atoms with Crippen molar-refractivity contribution >= 4 is 23.2 Å². The molecule has 2 rings (SSSR count). The molecule has 1 fully saturated rings. The molecule has 1 aromatic rings. The number of rotatable bonds is 4. The maximum absolute atomic E-state index is 11.3. The number of primary amides is 1. The highest BCUT2D eigenvalue weighted by molar-refractivity contribution is 6.32. The summed E-state index contributed by atoms with van der Waals surface area (Å²) < 4.78 is 0. The minimum absolute atomic E-state index is 0.113. The van der Waals surface area contributed by atoms with Crippen LogP contribution < -0.4 is 5.73 Å². The summed E-state index contributed by atoms with van der Waals surface area (Å²) in [5.74, 6) is -0.346. The van der Waals surface area contributed by atoms with Gasteiger partial charge in [0.1, 0.15) is 5.02 Å². The van der Waals surface area contributed by atoms with Crippen LogP contribution in [0, 0.1) is 10.1 Å². The summed E-state index contributed by atoms with van der Waals surface area (Å²) in [6, 6.07) is 4.39. The van der Waals surface area contributed by atoms with Crippen LogP contribution in [0.2, 0.25) is 5.02 Å². The van der Waals surface area contributed by atoms with E-state index >= 15 is 0 Å². The highest BCUT2D eigenvalue weighted by Gasteiger charge is 2.29. The topological polar surface area (TPSA) is 89.5 Å². The van der Waals surface area contributed by atoms with Crippen LogP contribution in [0.1, 0.15) is 18.4 Å². The molecule has 0 aromatic heterocycles. The van der Waals surface area contributed by atoms with Gasteiger partial charge in [0, 0.05) is 12.6 Å². The van der Waals surface area contributed by atoms with Crippen LogP contribution in [0.3, 0.4) is 0 Å². The molecule has 7 heteroatoms. The zero-order valence-corrected chi connectivity index (χ0v) is 11.0. The van der Waals surface area contributed by atoms with Gasteiger partial charge in [0.15, 0.2) is 0 Å². The molecule has 1 unspecified atom stereocenters. The van der Waals surface area contributed by atoms with E-state index < -0.39 is 4.92 Å². The Hall–Kier alpha value is -1.66. The van der Waals surface area contributed by atoms with E-state index in [2.05, 4.69) is 0 Å². The van der Waals surface area contributed by atoms with Gasteiger partial charge in [-0.3, -0.25) is 19.8 Å². The third-order valence-corrected chi connectivity index (χ3v) is 3.60. The maximum Gasteiger partial charge on any atom is 0.288 e. The van der Waals surface area contributed by atoms with E-state index in [9.17, 15) is 14.9 Å². The van der Waals surface area contributed by atoms with Crippen molar-refractivity contribution in [3.05, 3.63) is 38.9 Å². The molecule has 0 radical (unpaired) electrons. The lowest BCUT2D eigenvalue weighted by atomic mass is 10.1. The van der Waals surface area contributed by atoms with Crippen LogP contribution in [0.4, 0.5) is 5.69 Å². The summed E-state index contributed by atoms with van der Waals surface area (Å²) in [4.78, 5) is 23.5. The number of benzene rings is 1. The van der Waals surface area contributed by atoms with E-state index in [1.807, 2.05) is 4.90 Å². The predicted molar refractivity (Wildman–Crippen MR) is 70.7 cm³/mol. The molecule has 1 amide bonds. The average Bonchev–Trinajstić information content (AvgIpc) is 2.79. The molecule has 1 atom stereocenters. The van der Waals surface area contributed by atoms with Crippen molar-refractivity contribution in [2.75, 3.05) is 6.54 Å². The molecule has 1 aromatic carbocycles. The van der Waals surface area contributed by atoms with E-state index in [4.69, 9.17) is 17.3 Å². The Morgan fingerprint density at radius 2 is 2.32 bits per heavy atom. The smallest absolute Gasteiger partial charge is 0.288 e. The average molecular weight is 284 g/mol. The predicted octanol–water partition coefficient (Wildman–Crippen LogP) is 1.70. The van der Waals surface area contributed by atoms with Gasteiger partial charge < -0.3 is 5.73 Å². The first-order valence-electron chi connectivity index (χ1n) is 5.95. The molecule has 6 nitrogen and oxygen atoms in total. The Balaban J connectivity index is 2.17. The van der Waals surface area contributed by atoms with Crippen LogP contribution in [0.15, 0.2) is 18.2 Å². The Bertz CT molecular complexity index is 521. The second kappa shape index (κ2) is 5.54. The fourth-order valence-corrected chi connectivity index (χ4v) is 2.56. The van der Waals surface area contributed by atoms with Gasteiger partial charge in [-0.2, -0.15) is 0 Å². The van der Waals surface area contributed by atoms with Gasteiger partial charge in [-0.05, 0) is 31.0 Å². The zero-order valence-electron chi connectivity index (χ0n) is 10.2. The van der Waals surface area contributed by atoms with E-state index in [0.717, 1.165) is 24.9 Å². The van der Waals surface area contributed by atoms with Gasteiger partial charge in [-0.15, -0.1) is 0 Å². The lowest BCUT2D eigenvalue weighted by molar-refractivity contribution is -0.384. The van der Waals surface area contributed by atoms with E-state index in [1.54, 1.807) is 6.07 Å². The Morgan fingerprint density at radius 1 is 1.58 bits per heavy atom. The standard InChI is InChI=1S/C12H14ClN3O3/c13-9-4-3-8(6-11(9)16(18)19)7-15-5-1-2-10(15)12(14)17/h3-4,6,10H,1-2,5,7H2,(H2,14,17). The van der Waals surface area contributed by atoms with Crippen molar-refractivity contribution < 1.29 is 9.72 Å². The summed E-state index contributed by atoms with van der Waals surface area (Å²) in [5, 5.41) is 10.9. The van der Waals surface area contributed by atoms with Crippen LogP contribution >= 0.6 is 11.6 Å². The third-order valence-electron chi connectivity index (χ3n) is 3.28. The van der Waals surface area contributed by atoms with Gasteiger partial charge in [0.05, 0.1) is 11.0 Å². The second-order valence-corrected chi connectivity index (χ2v) is 4.98. The summed E-state index contributed by atoms with van der Waals surface area (Å²) >= 11 is 5.76. The largest absolute Gasteiger partial charge is 0.368 e. The van der Waals surface area contributed by atoms with Gasteiger partial charge in [-0.1, -0.05) is 17.7 Å². The Morgan fingerprint density at radius 3 is 2.95 bits per heavy atom. The van der Waals surface area contributed by atoms with Crippen molar-refractivity contribution in [2.45, 2.75) is 25.4 Å². The normalized spacial score (nSPS) is 19.5. The van der Waals surface area contributed by atoms with Crippen LogP contribution in [-0.4, -0.2) is 28.3 Å². The van der Waals surface area contributed by atoms with Gasteiger partial charge in [0.25, 0.3) is 5.69 Å². The number of carbonyl (C=O) groups excluding carboxylic acids is 1. The molecular weight excluding hydrogens is 270 g/mol. The molecule has 0 bridgehead atoms. The van der Waals surface area contributed by atoms with Crippen LogP contribution in [0.25, 0.3) is 0 Å². The van der Waals surface area contributed by atoms with E-state index in [1.165, 1.54) is 12.1 Å². The minimum Gasteiger partial charge on any atom is -0.368 e. The molecule has 0 spiro atoms. The molecule has 19 heavy (non-hydrogen) atoms. The molecule has 102 valence electrons. The summed E-state index contributed by atoms with van der Waals surface area (Å²) in [6.07, 6.45) is 1.65. The van der Waals surface area contributed by atoms with Crippen molar-refractivity contribution in [3.8, 4) is 0 Å². The molecule has 0 saturated carbocycles. The number of nitrogens with zero attached hydrogens (tertiary/aromatic N) is 2. The highest BCUT2D eigenvalue weighted by Crippen LogP contribution is 2.27. The molecule has 2 N–H and O–H groups in total. The maximum atomic E-state index is 11.3. The quantitative estimate of drug-likeness (QED) is 0.673. The number of nitro groups is 1. The van der Waals surface area contributed by atoms with Crippen molar-refractivity contribution in [1.29, 1.82) is 0 Å². The Kier molecular flexibility index (Phi) is 4.01. The number of nitro benzene ring substituents is 1. The summed E-state index contributed by atoms with van der Waals surface area (Å²) in [7, 11) is 0. The SMILES string of the molecule is NC(=O)C1CCCN1Cc1ccc(Cl)c([N+](=O)[O-])c1. The van der Waals surface area contributed by atoms with Crippen molar-refractivity contribution in [2.24, 2.45) is 5.73 Å². The van der Waals surface area contributed by atoms with Crippen LogP contribution in [0.5, 0.6) is 0 Å². The first kappa shape index (κ1) is 13.8. The minimum atomic E-state index is -0.513. The first-order valence-corrected chi connectivity index (χ1v) is 6.33. The molecular formula is C12H14ClN3O3. The molecule has 0 aliphatic carbocycles. The van der Waals surface area contributed by atoms with Crippen LogP contribution in [-0.2, 0) is 11.3 Å². The molecule has 1 heterocycles. The fraction of sp³-hybridized carbons (Fsp3) is 0.417. The highest BCUT2D eigenvalue weighted by atomic mass is 35.5. The van der Waals surface area contributed by atoms with E-state index in [0.29, 0.717) is 6.54 Å². The monoisotopic (exact) mass is 283 g/mol. The number of amides is 1. The van der Waals surface area contributed by atoms with Crippen molar-refractivity contribution in [1.82, 2.24) is 4.90 Å². The number of nitrogens with two attached hydrogens (primary N) is 1. The lowest BCUT2D eigenvalue weighted by Gasteiger charge is -2.21. The molecule has 1 saturated heterocycles. The first-order chi connectivity index (χ1) is 8.99. The van der Waals surface area contributed by atoms with Crippen molar-refractivity contribution in [3.63, 3.8) is 0 Å². The number of halogens is 1. The number of hydrogen-bond acceptors (Lipinski definition) is 4.